The third-order valence-electron chi connectivity index (χ3n) is 1.88. The Bertz CT molecular complexity index is 272. The Hall–Kier alpha value is -0.900. The summed E-state index contributed by atoms with van der Waals surface area (Å²) in [6.45, 7) is 7.27. The summed E-state index contributed by atoms with van der Waals surface area (Å²) in [6.07, 6.45) is 2.76. The van der Waals surface area contributed by atoms with Gasteiger partial charge < -0.3 is 5.73 Å². The Kier molecular flexibility index (Phi) is 3.63. The van der Waals surface area contributed by atoms with E-state index >= 15 is 0 Å². The van der Waals surface area contributed by atoms with Crippen molar-refractivity contribution in [1.29, 1.82) is 0 Å². The fourth-order valence-corrected chi connectivity index (χ4v) is 1.29. The summed E-state index contributed by atoms with van der Waals surface area (Å²) < 4.78 is 0. The summed E-state index contributed by atoms with van der Waals surface area (Å²) in [5.41, 5.74) is 5.67. The highest BCUT2D eigenvalue weighted by Gasteiger charge is 2.14. The number of nitrogens with one attached hydrogen (secondary N) is 1. The lowest BCUT2D eigenvalue weighted by Crippen LogP contribution is -2.10. The van der Waals surface area contributed by atoms with Crippen molar-refractivity contribution >= 4 is 0 Å². The van der Waals surface area contributed by atoms with Crippen LogP contribution in [-0.2, 0) is 12.8 Å². The minimum Gasteiger partial charge on any atom is -0.330 e. The van der Waals surface area contributed by atoms with E-state index in [1.165, 1.54) is 0 Å². The molecule has 4 heteroatoms. The molecule has 0 spiro atoms. The van der Waals surface area contributed by atoms with Gasteiger partial charge in [-0.1, -0.05) is 20.8 Å². The number of aryl methyl sites for hydroxylation is 1. The van der Waals surface area contributed by atoms with Crippen LogP contribution in [0.15, 0.2) is 0 Å². The molecule has 0 atom stereocenters. The summed E-state index contributed by atoms with van der Waals surface area (Å²) in [7, 11) is 0. The van der Waals surface area contributed by atoms with Crippen LogP contribution in [0.4, 0.5) is 0 Å². The van der Waals surface area contributed by atoms with Gasteiger partial charge in [0.05, 0.1) is 0 Å². The summed E-state index contributed by atoms with van der Waals surface area (Å²) >= 11 is 0. The molecule has 0 amide bonds. The summed E-state index contributed by atoms with van der Waals surface area (Å²) in [5.74, 6) is 1.86. The van der Waals surface area contributed by atoms with Gasteiger partial charge in [-0.25, -0.2) is 4.98 Å². The Morgan fingerprint density at radius 3 is 2.64 bits per heavy atom. The highest BCUT2D eigenvalue weighted by Crippen LogP contribution is 2.17. The zero-order valence-electron chi connectivity index (χ0n) is 9.30. The van der Waals surface area contributed by atoms with Gasteiger partial charge in [0.15, 0.2) is 5.82 Å². The van der Waals surface area contributed by atoms with Crippen molar-refractivity contribution < 1.29 is 0 Å². The fourth-order valence-electron chi connectivity index (χ4n) is 1.29. The van der Waals surface area contributed by atoms with Crippen LogP contribution in [0.3, 0.4) is 0 Å². The predicted molar refractivity (Wildman–Crippen MR) is 56.9 cm³/mol. The maximum Gasteiger partial charge on any atom is 0.150 e. The first kappa shape index (κ1) is 11.2. The van der Waals surface area contributed by atoms with Crippen molar-refractivity contribution in [3.63, 3.8) is 0 Å². The summed E-state index contributed by atoms with van der Waals surface area (Å²) in [5, 5.41) is 7.12. The van der Waals surface area contributed by atoms with Crippen molar-refractivity contribution in [2.45, 2.75) is 40.0 Å². The van der Waals surface area contributed by atoms with Crippen LogP contribution in [-0.4, -0.2) is 21.7 Å². The molecule has 0 aliphatic rings. The number of aromatic amines is 1. The monoisotopic (exact) mass is 196 g/mol. The van der Waals surface area contributed by atoms with E-state index in [0.717, 1.165) is 30.9 Å². The van der Waals surface area contributed by atoms with Gasteiger partial charge in [0.1, 0.15) is 5.82 Å². The first-order chi connectivity index (χ1) is 6.51. The van der Waals surface area contributed by atoms with Gasteiger partial charge in [-0.15, -0.1) is 0 Å². The molecule has 1 heterocycles. The number of hydrogen-bond donors (Lipinski definition) is 2. The van der Waals surface area contributed by atoms with Crippen molar-refractivity contribution in [3.8, 4) is 0 Å². The average molecular weight is 196 g/mol. The summed E-state index contributed by atoms with van der Waals surface area (Å²) in [6, 6.07) is 0. The number of H-pyrrole nitrogens is 1. The van der Waals surface area contributed by atoms with Crippen molar-refractivity contribution in [1.82, 2.24) is 15.2 Å². The van der Waals surface area contributed by atoms with E-state index in [9.17, 15) is 0 Å². The standard InChI is InChI=1S/C10H20N4/c1-10(2,3)7-9-12-8(13-14-9)5-4-6-11/h4-7,11H2,1-3H3,(H,12,13,14). The Balaban J connectivity index is 2.51. The van der Waals surface area contributed by atoms with Crippen LogP contribution in [0.2, 0.25) is 0 Å². The quantitative estimate of drug-likeness (QED) is 0.762. The maximum absolute atomic E-state index is 5.42. The molecule has 0 aliphatic heterocycles. The molecule has 0 unspecified atom stereocenters. The number of rotatable bonds is 4. The Morgan fingerprint density at radius 1 is 1.36 bits per heavy atom. The molecule has 0 aliphatic carbocycles. The highest BCUT2D eigenvalue weighted by atomic mass is 15.2. The van der Waals surface area contributed by atoms with Crippen LogP contribution in [0, 0.1) is 5.41 Å². The van der Waals surface area contributed by atoms with Crippen LogP contribution in [0.5, 0.6) is 0 Å². The van der Waals surface area contributed by atoms with E-state index in [-0.39, 0.29) is 5.41 Å². The topological polar surface area (TPSA) is 67.6 Å². The Labute approximate surface area is 85.3 Å². The van der Waals surface area contributed by atoms with Crippen LogP contribution in [0.25, 0.3) is 0 Å². The van der Waals surface area contributed by atoms with E-state index < -0.39 is 0 Å². The third kappa shape index (κ3) is 3.87. The van der Waals surface area contributed by atoms with E-state index in [1.54, 1.807) is 0 Å². The normalized spacial score (nSPS) is 12.0. The van der Waals surface area contributed by atoms with Crippen molar-refractivity contribution in [3.05, 3.63) is 11.6 Å². The first-order valence-electron chi connectivity index (χ1n) is 5.11. The minimum atomic E-state index is 0.255. The van der Waals surface area contributed by atoms with Gasteiger partial charge in [0.25, 0.3) is 0 Å². The van der Waals surface area contributed by atoms with Gasteiger partial charge >= 0.3 is 0 Å². The average Bonchev–Trinajstić information content (AvgIpc) is 2.46. The predicted octanol–water partition coefficient (Wildman–Crippen LogP) is 1.28. The second kappa shape index (κ2) is 4.55. The second-order valence-corrected chi connectivity index (χ2v) is 4.83. The van der Waals surface area contributed by atoms with E-state index in [2.05, 4.69) is 36.0 Å². The van der Waals surface area contributed by atoms with Crippen molar-refractivity contribution in [2.24, 2.45) is 11.1 Å². The molecule has 1 aromatic rings. The molecule has 4 nitrogen and oxygen atoms in total. The number of nitrogens with two attached hydrogens (primary N) is 1. The molecule has 1 aromatic heterocycles. The third-order valence-corrected chi connectivity index (χ3v) is 1.88. The largest absolute Gasteiger partial charge is 0.330 e. The van der Waals surface area contributed by atoms with Gasteiger partial charge in [0, 0.05) is 12.8 Å². The van der Waals surface area contributed by atoms with Gasteiger partial charge in [-0.05, 0) is 18.4 Å². The maximum atomic E-state index is 5.42. The van der Waals surface area contributed by atoms with Crippen LogP contribution in [0.1, 0.15) is 38.8 Å². The minimum absolute atomic E-state index is 0.255. The fraction of sp³-hybridized carbons (Fsp3) is 0.800. The Morgan fingerprint density at radius 2 is 2.07 bits per heavy atom. The molecule has 0 saturated heterocycles. The number of aromatic nitrogens is 3. The summed E-state index contributed by atoms with van der Waals surface area (Å²) in [4.78, 5) is 4.41. The SMILES string of the molecule is CC(C)(C)Cc1nc(CCCN)n[nH]1. The number of hydrogen-bond acceptors (Lipinski definition) is 3. The van der Waals surface area contributed by atoms with Gasteiger partial charge in [-0.3, -0.25) is 5.10 Å². The molecule has 3 N–H and O–H groups in total. The molecule has 0 saturated carbocycles. The molecule has 0 fully saturated rings. The zero-order chi connectivity index (χ0) is 10.6. The van der Waals surface area contributed by atoms with Crippen LogP contribution < -0.4 is 5.73 Å². The highest BCUT2D eigenvalue weighted by molar-refractivity contribution is 4.93. The van der Waals surface area contributed by atoms with E-state index in [1.807, 2.05) is 0 Å². The van der Waals surface area contributed by atoms with Crippen molar-refractivity contribution in [2.75, 3.05) is 6.54 Å². The lowest BCUT2D eigenvalue weighted by molar-refractivity contribution is 0.401. The lowest BCUT2D eigenvalue weighted by atomic mass is 9.92. The zero-order valence-corrected chi connectivity index (χ0v) is 9.30. The number of nitrogens with zero attached hydrogens (tertiary/aromatic N) is 2. The molecular weight excluding hydrogens is 176 g/mol. The molecular formula is C10H20N4. The van der Waals surface area contributed by atoms with Crippen LogP contribution >= 0.6 is 0 Å². The molecule has 14 heavy (non-hydrogen) atoms. The second-order valence-electron chi connectivity index (χ2n) is 4.83. The lowest BCUT2D eigenvalue weighted by Gasteiger charge is -2.15. The molecule has 0 bridgehead atoms. The first-order valence-corrected chi connectivity index (χ1v) is 5.11. The van der Waals surface area contributed by atoms with E-state index in [0.29, 0.717) is 6.54 Å². The van der Waals surface area contributed by atoms with E-state index in [4.69, 9.17) is 5.73 Å². The van der Waals surface area contributed by atoms with Gasteiger partial charge in [0.2, 0.25) is 0 Å². The van der Waals surface area contributed by atoms with Gasteiger partial charge in [-0.2, -0.15) is 5.10 Å². The molecule has 0 radical (unpaired) electrons. The molecule has 80 valence electrons. The molecule has 0 aromatic carbocycles. The smallest absolute Gasteiger partial charge is 0.150 e. The molecule has 1 rings (SSSR count).